The molecule has 32 heavy (non-hydrogen) atoms. The van der Waals surface area contributed by atoms with Crippen molar-refractivity contribution in [2.24, 2.45) is 0 Å². The van der Waals surface area contributed by atoms with E-state index in [1.165, 1.54) is 0 Å². The predicted octanol–water partition coefficient (Wildman–Crippen LogP) is 2.64. The number of nitrogens with one attached hydrogen (secondary N) is 1. The predicted molar refractivity (Wildman–Crippen MR) is 125 cm³/mol. The number of ether oxygens (including phenoxy) is 1. The average molecular weight is 435 g/mol. The van der Waals surface area contributed by atoms with Crippen molar-refractivity contribution in [3.63, 3.8) is 0 Å². The Morgan fingerprint density at radius 1 is 1.12 bits per heavy atom. The van der Waals surface area contributed by atoms with Crippen molar-refractivity contribution in [1.29, 1.82) is 0 Å². The summed E-state index contributed by atoms with van der Waals surface area (Å²) in [6, 6.07) is 13.4. The molecule has 7 nitrogen and oxygen atoms in total. The number of hydrogen-bond acceptors (Lipinski definition) is 5. The number of amides is 1. The van der Waals surface area contributed by atoms with Crippen LogP contribution >= 0.6 is 0 Å². The van der Waals surface area contributed by atoms with E-state index in [1.54, 1.807) is 29.9 Å². The Labute approximate surface area is 188 Å². The first-order chi connectivity index (χ1) is 15.5. The van der Waals surface area contributed by atoms with Gasteiger partial charge in [0, 0.05) is 44.2 Å². The molecule has 0 spiro atoms. The maximum atomic E-state index is 13.1. The molecule has 2 aromatic carbocycles. The van der Waals surface area contributed by atoms with Crippen molar-refractivity contribution in [2.75, 3.05) is 26.7 Å². The molecule has 1 aromatic heterocycles. The zero-order valence-corrected chi connectivity index (χ0v) is 18.9. The van der Waals surface area contributed by atoms with E-state index in [1.807, 2.05) is 24.3 Å². The number of rotatable bonds is 6. The molecule has 0 saturated heterocycles. The van der Waals surface area contributed by atoms with E-state index >= 15 is 0 Å². The SMILES string of the molecule is COc1ccc(CCNC(=O)c2ccc3c(=O)n4c(nc3c2)CCN(C(C)C)CC4)cc1. The molecule has 0 bridgehead atoms. The van der Waals surface area contributed by atoms with Crippen LogP contribution in [0.25, 0.3) is 10.9 Å². The van der Waals surface area contributed by atoms with Crippen molar-refractivity contribution in [2.45, 2.75) is 39.3 Å². The highest BCUT2D eigenvalue weighted by Gasteiger charge is 2.19. The third-order valence-corrected chi connectivity index (χ3v) is 6.12. The minimum Gasteiger partial charge on any atom is -0.497 e. The van der Waals surface area contributed by atoms with Gasteiger partial charge in [-0.15, -0.1) is 0 Å². The van der Waals surface area contributed by atoms with Crippen LogP contribution in [0, 0.1) is 0 Å². The second kappa shape index (κ2) is 9.53. The summed E-state index contributed by atoms with van der Waals surface area (Å²) in [5.74, 6) is 1.44. The number of benzene rings is 2. The maximum Gasteiger partial charge on any atom is 0.261 e. The largest absolute Gasteiger partial charge is 0.497 e. The Balaban J connectivity index is 1.48. The second-order valence-corrected chi connectivity index (χ2v) is 8.45. The van der Waals surface area contributed by atoms with E-state index in [0.717, 1.165) is 43.1 Å². The molecule has 1 N–H and O–H groups in total. The second-order valence-electron chi connectivity index (χ2n) is 8.45. The van der Waals surface area contributed by atoms with Crippen LogP contribution in [-0.4, -0.2) is 53.1 Å². The van der Waals surface area contributed by atoms with Gasteiger partial charge in [-0.3, -0.25) is 19.1 Å². The van der Waals surface area contributed by atoms with Crippen molar-refractivity contribution in [3.05, 3.63) is 69.8 Å². The van der Waals surface area contributed by atoms with Crippen LogP contribution in [0.1, 0.15) is 35.6 Å². The molecule has 0 atom stereocenters. The van der Waals surface area contributed by atoms with Gasteiger partial charge >= 0.3 is 0 Å². The number of carbonyl (C=O) groups is 1. The third-order valence-electron chi connectivity index (χ3n) is 6.12. The zero-order valence-electron chi connectivity index (χ0n) is 18.9. The minimum absolute atomic E-state index is 0.0259. The lowest BCUT2D eigenvalue weighted by atomic mass is 10.1. The highest BCUT2D eigenvalue weighted by molar-refractivity contribution is 5.97. The lowest BCUT2D eigenvalue weighted by Gasteiger charge is -2.23. The molecule has 0 saturated carbocycles. The summed E-state index contributed by atoms with van der Waals surface area (Å²) in [5, 5.41) is 3.51. The summed E-state index contributed by atoms with van der Waals surface area (Å²) in [6.45, 7) is 7.22. The molecule has 3 aromatic rings. The Bertz CT molecular complexity index is 1170. The Morgan fingerprint density at radius 2 is 1.91 bits per heavy atom. The molecular formula is C25H30N4O3. The number of nitrogens with zero attached hydrogens (tertiary/aromatic N) is 3. The van der Waals surface area contributed by atoms with Crippen LogP contribution in [0.2, 0.25) is 0 Å². The van der Waals surface area contributed by atoms with Gasteiger partial charge in [-0.1, -0.05) is 12.1 Å². The first kappa shape index (κ1) is 22.0. The minimum atomic E-state index is -0.164. The highest BCUT2D eigenvalue weighted by atomic mass is 16.5. The maximum absolute atomic E-state index is 13.1. The highest BCUT2D eigenvalue weighted by Crippen LogP contribution is 2.15. The molecule has 0 radical (unpaired) electrons. The van der Waals surface area contributed by atoms with Crippen LogP contribution in [0.15, 0.2) is 47.3 Å². The summed E-state index contributed by atoms with van der Waals surface area (Å²) in [6.07, 6.45) is 1.45. The Kier molecular flexibility index (Phi) is 6.55. The van der Waals surface area contributed by atoms with E-state index in [2.05, 4.69) is 24.1 Å². The van der Waals surface area contributed by atoms with Crippen LogP contribution in [0.3, 0.4) is 0 Å². The molecule has 4 rings (SSSR count). The van der Waals surface area contributed by atoms with E-state index in [9.17, 15) is 9.59 Å². The molecule has 0 unspecified atom stereocenters. The molecule has 168 valence electrons. The summed E-state index contributed by atoms with van der Waals surface area (Å²) in [5.41, 5.74) is 2.20. The summed E-state index contributed by atoms with van der Waals surface area (Å²) in [7, 11) is 1.64. The van der Waals surface area contributed by atoms with Crippen LogP contribution in [0.5, 0.6) is 5.75 Å². The Morgan fingerprint density at radius 3 is 2.62 bits per heavy atom. The number of aromatic nitrogens is 2. The van der Waals surface area contributed by atoms with Gasteiger partial charge in [-0.2, -0.15) is 0 Å². The van der Waals surface area contributed by atoms with Gasteiger partial charge < -0.3 is 10.1 Å². The monoisotopic (exact) mass is 434 g/mol. The first-order valence-electron chi connectivity index (χ1n) is 11.1. The fourth-order valence-corrected chi connectivity index (χ4v) is 4.14. The van der Waals surface area contributed by atoms with Gasteiger partial charge in [0.2, 0.25) is 0 Å². The lowest BCUT2D eigenvalue weighted by Crippen LogP contribution is -2.34. The number of methoxy groups -OCH3 is 1. The van der Waals surface area contributed by atoms with Gasteiger partial charge in [0.25, 0.3) is 11.5 Å². The number of carbonyl (C=O) groups excluding carboxylic acids is 1. The molecule has 0 aliphatic carbocycles. The van der Waals surface area contributed by atoms with Crippen LogP contribution < -0.4 is 15.6 Å². The van der Waals surface area contributed by atoms with E-state index in [-0.39, 0.29) is 11.5 Å². The van der Waals surface area contributed by atoms with Crippen molar-refractivity contribution in [3.8, 4) is 5.75 Å². The topological polar surface area (TPSA) is 76.5 Å². The van der Waals surface area contributed by atoms with Gasteiger partial charge in [0.1, 0.15) is 11.6 Å². The number of hydrogen-bond donors (Lipinski definition) is 1. The van der Waals surface area contributed by atoms with Gasteiger partial charge in [-0.25, -0.2) is 4.98 Å². The molecule has 1 aliphatic heterocycles. The smallest absolute Gasteiger partial charge is 0.261 e. The normalized spacial score (nSPS) is 14.2. The molecule has 0 fully saturated rings. The van der Waals surface area contributed by atoms with Crippen molar-refractivity contribution < 1.29 is 9.53 Å². The van der Waals surface area contributed by atoms with E-state index in [0.29, 0.717) is 35.6 Å². The third kappa shape index (κ3) is 4.67. The molecule has 7 heteroatoms. The van der Waals surface area contributed by atoms with Crippen molar-refractivity contribution in [1.82, 2.24) is 19.8 Å². The van der Waals surface area contributed by atoms with Crippen LogP contribution in [-0.2, 0) is 19.4 Å². The summed E-state index contributed by atoms with van der Waals surface area (Å²) < 4.78 is 6.96. The van der Waals surface area contributed by atoms with Crippen LogP contribution in [0.4, 0.5) is 0 Å². The van der Waals surface area contributed by atoms with E-state index < -0.39 is 0 Å². The van der Waals surface area contributed by atoms with Gasteiger partial charge in [0.15, 0.2) is 0 Å². The molecular weight excluding hydrogens is 404 g/mol. The Hall–Kier alpha value is -3.19. The lowest BCUT2D eigenvalue weighted by molar-refractivity contribution is 0.0954. The molecule has 2 heterocycles. The fourth-order valence-electron chi connectivity index (χ4n) is 4.14. The number of fused-ring (bicyclic) bond motifs is 2. The van der Waals surface area contributed by atoms with Gasteiger partial charge in [-0.05, 0) is 56.2 Å². The molecule has 1 aliphatic rings. The first-order valence-corrected chi connectivity index (χ1v) is 11.1. The standard InChI is InChI=1S/C25H30N4O3/c1-17(2)28-13-11-23-27-22-16-19(6-9-21(22)25(31)29(23)15-14-28)24(30)26-12-10-18-4-7-20(32-3)8-5-18/h4-9,16-17H,10-15H2,1-3H3,(H,26,30). The average Bonchev–Trinajstić information content (AvgIpc) is 3.02. The zero-order chi connectivity index (χ0) is 22.7. The molecule has 1 amide bonds. The van der Waals surface area contributed by atoms with E-state index in [4.69, 9.17) is 9.72 Å². The van der Waals surface area contributed by atoms with Gasteiger partial charge in [0.05, 0.1) is 18.0 Å². The summed E-state index contributed by atoms with van der Waals surface area (Å²) in [4.78, 5) is 32.9. The van der Waals surface area contributed by atoms with Crippen molar-refractivity contribution >= 4 is 16.8 Å². The fraction of sp³-hybridized carbons (Fsp3) is 0.400. The summed E-state index contributed by atoms with van der Waals surface area (Å²) >= 11 is 0. The quantitative estimate of drug-likeness (QED) is 0.646.